The van der Waals surface area contributed by atoms with Crippen LogP contribution in [0.1, 0.15) is 25.0 Å². The number of rotatable bonds is 1. The monoisotopic (exact) mass is 222 g/mol. The second kappa shape index (κ2) is 3.06. The fraction of sp³-hybridized carbons (Fsp3) is 0.417. The molecule has 86 valence electrons. The van der Waals surface area contributed by atoms with Gasteiger partial charge in [0.25, 0.3) is 0 Å². The number of carbonyl (C=O) groups excluding carboxylic acids is 1. The summed E-state index contributed by atoms with van der Waals surface area (Å²) in [5.74, 6) is -0.485. The first-order valence-corrected chi connectivity index (χ1v) is 5.05. The maximum Gasteiger partial charge on any atom is 0.351 e. The molecule has 0 fully saturated rings. The molecule has 1 unspecified atom stereocenters. The van der Waals surface area contributed by atoms with Crippen LogP contribution < -0.4 is 4.74 Å². The Morgan fingerprint density at radius 3 is 2.56 bits per heavy atom. The van der Waals surface area contributed by atoms with Gasteiger partial charge in [0.1, 0.15) is 11.4 Å². The molecule has 0 bridgehead atoms. The van der Waals surface area contributed by atoms with Crippen molar-refractivity contribution in [3.63, 3.8) is 0 Å². The minimum Gasteiger partial charge on any atom is -0.423 e. The number of aryl methyl sites for hydroxylation is 1. The molecular weight excluding hydrogens is 208 g/mol. The summed E-state index contributed by atoms with van der Waals surface area (Å²) in [4.78, 5) is 11.7. The van der Waals surface area contributed by atoms with E-state index in [-0.39, 0.29) is 0 Å². The molecule has 2 rings (SSSR count). The van der Waals surface area contributed by atoms with Gasteiger partial charge in [-0.2, -0.15) is 0 Å². The molecule has 0 amide bonds. The molecule has 0 radical (unpaired) electrons. The van der Waals surface area contributed by atoms with Crippen LogP contribution in [-0.4, -0.2) is 21.8 Å². The van der Waals surface area contributed by atoms with Gasteiger partial charge in [-0.25, -0.2) is 4.79 Å². The van der Waals surface area contributed by atoms with Gasteiger partial charge in [-0.3, -0.25) is 0 Å². The van der Waals surface area contributed by atoms with Gasteiger partial charge in [0.05, 0.1) is 0 Å². The van der Waals surface area contributed by atoms with E-state index in [4.69, 9.17) is 4.74 Å². The van der Waals surface area contributed by atoms with E-state index in [9.17, 15) is 15.0 Å². The van der Waals surface area contributed by atoms with Crippen molar-refractivity contribution in [3.05, 3.63) is 29.3 Å². The van der Waals surface area contributed by atoms with Crippen molar-refractivity contribution >= 4 is 5.97 Å². The van der Waals surface area contributed by atoms with Gasteiger partial charge in [0.2, 0.25) is 5.60 Å². The number of benzene rings is 1. The molecule has 2 N–H and O–H groups in total. The van der Waals surface area contributed by atoms with Crippen molar-refractivity contribution in [1.29, 1.82) is 0 Å². The zero-order chi connectivity index (χ0) is 12.1. The Morgan fingerprint density at radius 2 is 2.00 bits per heavy atom. The van der Waals surface area contributed by atoms with Gasteiger partial charge in [-0.1, -0.05) is 18.2 Å². The highest BCUT2D eigenvalue weighted by Crippen LogP contribution is 2.45. The van der Waals surface area contributed by atoms with Crippen LogP contribution in [0.25, 0.3) is 0 Å². The molecule has 1 aromatic carbocycles. The molecule has 1 aromatic rings. The molecule has 0 saturated heterocycles. The second-order valence-corrected chi connectivity index (χ2v) is 4.61. The Labute approximate surface area is 93.5 Å². The molecule has 0 spiro atoms. The summed E-state index contributed by atoms with van der Waals surface area (Å²) < 4.78 is 5.03. The van der Waals surface area contributed by atoms with Crippen LogP contribution in [0.3, 0.4) is 0 Å². The maximum atomic E-state index is 11.7. The summed E-state index contributed by atoms with van der Waals surface area (Å²) in [6, 6.07) is 5.08. The van der Waals surface area contributed by atoms with Gasteiger partial charge >= 0.3 is 5.97 Å². The van der Waals surface area contributed by atoms with Crippen LogP contribution in [0.2, 0.25) is 0 Å². The van der Waals surface area contributed by atoms with Crippen LogP contribution in [0.15, 0.2) is 18.2 Å². The first kappa shape index (κ1) is 11.1. The summed E-state index contributed by atoms with van der Waals surface area (Å²) >= 11 is 0. The lowest BCUT2D eigenvalue weighted by Gasteiger charge is -2.31. The Bertz CT molecular complexity index is 459. The van der Waals surface area contributed by atoms with Gasteiger partial charge in [-0.15, -0.1) is 0 Å². The van der Waals surface area contributed by atoms with E-state index in [1.165, 1.54) is 13.8 Å². The van der Waals surface area contributed by atoms with E-state index < -0.39 is 17.2 Å². The highest BCUT2D eigenvalue weighted by molar-refractivity contribution is 5.90. The predicted molar refractivity (Wildman–Crippen MR) is 57.0 cm³/mol. The van der Waals surface area contributed by atoms with Crippen molar-refractivity contribution in [2.75, 3.05) is 0 Å². The molecule has 1 aliphatic rings. The van der Waals surface area contributed by atoms with Crippen molar-refractivity contribution < 1.29 is 19.7 Å². The summed E-state index contributed by atoms with van der Waals surface area (Å²) in [5.41, 5.74) is -2.51. The van der Waals surface area contributed by atoms with Crippen LogP contribution >= 0.6 is 0 Å². The number of fused-ring (bicyclic) bond motifs is 1. The fourth-order valence-corrected chi connectivity index (χ4v) is 1.93. The number of ether oxygens (including phenoxy) is 1. The Hall–Kier alpha value is -1.39. The Kier molecular flexibility index (Phi) is 2.12. The number of para-hydroxylation sites is 1. The van der Waals surface area contributed by atoms with Crippen molar-refractivity contribution in [2.45, 2.75) is 32.0 Å². The smallest absolute Gasteiger partial charge is 0.351 e. The number of hydrogen-bond donors (Lipinski definition) is 2. The molecule has 16 heavy (non-hydrogen) atoms. The predicted octanol–water partition coefficient (Wildman–Crippen LogP) is 0.873. The van der Waals surface area contributed by atoms with E-state index in [1.807, 2.05) is 0 Å². The third-order valence-corrected chi connectivity index (χ3v) is 2.98. The number of hydrogen-bond acceptors (Lipinski definition) is 4. The Morgan fingerprint density at radius 1 is 1.38 bits per heavy atom. The third-order valence-electron chi connectivity index (χ3n) is 2.98. The lowest BCUT2D eigenvalue weighted by atomic mass is 9.80. The molecule has 4 nitrogen and oxygen atoms in total. The SMILES string of the molecule is Cc1cccc2c1OC(=O)C2(O)C(C)(C)O. The lowest BCUT2D eigenvalue weighted by molar-refractivity contribution is -0.179. The van der Waals surface area contributed by atoms with Crippen molar-refractivity contribution in [2.24, 2.45) is 0 Å². The molecule has 0 aliphatic carbocycles. The number of esters is 1. The largest absolute Gasteiger partial charge is 0.423 e. The molecule has 1 atom stereocenters. The lowest BCUT2D eigenvalue weighted by Crippen LogP contribution is -2.51. The molecule has 0 saturated carbocycles. The summed E-state index contributed by atoms with van der Waals surface area (Å²) in [6.07, 6.45) is 0. The zero-order valence-corrected chi connectivity index (χ0v) is 9.44. The van der Waals surface area contributed by atoms with Crippen molar-refractivity contribution in [1.82, 2.24) is 0 Å². The standard InChI is InChI=1S/C12H14O4/c1-7-5-4-6-8-9(7)16-10(13)12(8,15)11(2,3)14/h4-6,14-15H,1-3H3. The van der Waals surface area contributed by atoms with Gasteiger partial charge in [-0.05, 0) is 26.3 Å². The third kappa shape index (κ3) is 1.20. The quantitative estimate of drug-likeness (QED) is 0.546. The van der Waals surface area contributed by atoms with Crippen LogP contribution in [0.5, 0.6) is 5.75 Å². The van der Waals surface area contributed by atoms with E-state index in [1.54, 1.807) is 25.1 Å². The van der Waals surface area contributed by atoms with Gasteiger partial charge < -0.3 is 14.9 Å². The summed E-state index contributed by atoms with van der Waals surface area (Å²) in [5, 5.41) is 20.3. The normalized spacial score (nSPS) is 24.2. The van der Waals surface area contributed by atoms with Crippen LogP contribution in [0.4, 0.5) is 0 Å². The van der Waals surface area contributed by atoms with Crippen molar-refractivity contribution in [3.8, 4) is 5.75 Å². The highest BCUT2D eigenvalue weighted by Gasteiger charge is 2.57. The first-order chi connectivity index (χ1) is 7.28. The maximum absolute atomic E-state index is 11.7. The number of aliphatic hydroxyl groups is 2. The van der Waals surface area contributed by atoms with Crippen LogP contribution in [0, 0.1) is 6.92 Å². The van der Waals surface area contributed by atoms with E-state index in [0.717, 1.165) is 5.56 Å². The second-order valence-electron chi connectivity index (χ2n) is 4.61. The van der Waals surface area contributed by atoms with E-state index >= 15 is 0 Å². The molecule has 0 aromatic heterocycles. The number of carbonyl (C=O) groups is 1. The average molecular weight is 222 g/mol. The summed E-state index contributed by atoms with van der Waals surface area (Å²) in [7, 11) is 0. The van der Waals surface area contributed by atoms with Gasteiger partial charge in [0, 0.05) is 5.56 Å². The Balaban J connectivity index is 2.70. The molecular formula is C12H14O4. The molecule has 4 heteroatoms. The zero-order valence-electron chi connectivity index (χ0n) is 9.44. The van der Waals surface area contributed by atoms with E-state index in [2.05, 4.69) is 0 Å². The average Bonchev–Trinajstić information content (AvgIpc) is 2.43. The highest BCUT2D eigenvalue weighted by atomic mass is 16.6. The van der Waals surface area contributed by atoms with Gasteiger partial charge in [0.15, 0.2) is 0 Å². The first-order valence-electron chi connectivity index (χ1n) is 5.05. The summed E-state index contributed by atoms with van der Waals surface area (Å²) in [6.45, 7) is 4.54. The minimum atomic E-state index is -1.99. The minimum absolute atomic E-state index is 0.324. The topological polar surface area (TPSA) is 66.8 Å². The van der Waals surface area contributed by atoms with E-state index in [0.29, 0.717) is 11.3 Å². The molecule has 1 aliphatic heterocycles. The van der Waals surface area contributed by atoms with Crippen LogP contribution in [-0.2, 0) is 10.4 Å². The fourth-order valence-electron chi connectivity index (χ4n) is 1.93. The molecule has 1 heterocycles.